The van der Waals surface area contributed by atoms with Crippen LogP contribution < -0.4 is 0 Å². The van der Waals surface area contributed by atoms with E-state index in [0.29, 0.717) is 45.0 Å². The number of nitrogens with one attached hydrogen (secondary N) is 2. The number of carbonyl (C=O) groups excluding carboxylic acids is 1. The molecule has 30 heavy (non-hydrogen) atoms. The first-order valence-electron chi connectivity index (χ1n) is 9.15. The summed E-state index contributed by atoms with van der Waals surface area (Å²) in [5.41, 5.74) is 4.66. The second-order valence-corrected chi connectivity index (χ2v) is 6.90. The van der Waals surface area contributed by atoms with Gasteiger partial charge >= 0.3 is 0 Å². The first-order chi connectivity index (χ1) is 14.3. The Bertz CT molecular complexity index is 1150. The van der Waals surface area contributed by atoms with Gasteiger partial charge in [0.05, 0.1) is 0 Å². The van der Waals surface area contributed by atoms with Crippen LogP contribution in [0.1, 0.15) is 50.2 Å². The molecule has 0 bridgehead atoms. The SMILES string of the molecule is Cc1[nH]c(-c2nnc(CO)o2)c(C)c1C(=O)c1c(C)[nH]c(-c2nnc(CO)o2)c1C. The smallest absolute Gasteiger partial charge is 0.264 e. The number of nitrogens with zero attached hydrogens (tertiary/aromatic N) is 4. The van der Waals surface area contributed by atoms with E-state index in [2.05, 4.69) is 30.4 Å². The number of aromatic nitrogens is 6. The summed E-state index contributed by atoms with van der Waals surface area (Å²) < 4.78 is 10.8. The third kappa shape index (κ3) is 3.04. The van der Waals surface area contributed by atoms with Crippen LogP contribution in [0.25, 0.3) is 23.2 Å². The molecular weight excluding hydrogens is 392 g/mol. The lowest BCUT2D eigenvalue weighted by atomic mass is 9.96. The zero-order valence-electron chi connectivity index (χ0n) is 16.8. The Kier molecular flexibility index (Phi) is 4.84. The number of H-pyrrole nitrogens is 2. The summed E-state index contributed by atoms with van der Waals surface area (Å²) in [4.78, 5) is 19.7. The molecule has 0 spiro atoms. The van der Waals surface area contributed by atoms with Crippen LogP contribution >= 0.6 is 0 Å². The van der Waals surface area contributed by atoms with Gasteiger partial charge in [-0.05, 0) is 38.8 Å². The van der Waals surface area contributed by atoms with Crippen molar-refractivity contribution in [2.24, 2.45) is 0 Å². The van der Waals surface area contributed by atoms with E-state index in [0.717, 1.165) is 0 Å². The molecule has 0 aliphatic heterocycles. The van der Waals surface area contributed by atoms with Gasteiger partial charge in [-0.2, -0.15) is 0 Å². The minimum Gasteiger partial charge on any atom is -0.417 e. The number of aliphatic hydroxyl groups is 2. The number of carbonyl (C=O) groups is 1. The van der Waals surface area contributed by atoms with Gasteiger partial charge in [0.1, 0.15) is 24.6 Å². The van der Waals surface area contributed by atoms with E-state index in [4.69, 9.17) is 19.0 Å². The maximum absolute atomic E-state index is 13.5. The first kappa shape index (κ1) is 19.7. The molecule has 0 aliphatic carbocycles. The van der Waals surface area contributed by atoms with Crippen molar-refractivity contribution in [3.8, 4) is 23.2 Å². The van der Waals surface area contributed by atoms with Crippen LogP contribution in [-0.4, -0.2) is 46.4 Å². The van der Waals surface area contributed by atoms with Gasteiger partial charge in [0, 0.05) is 22.5 Å². The van der Waals surface area contributed by atoms with Gasteiger partial charge < -0.3 is 29.0 Å². The molecule has 4 aromatic heterocycles. The lowest BCUT2D eigenvalue weighted by Crippen LogP contribution is -2.06. The van der Waals surface area contributed by atoms with Crippen LogP contribution in [0.2, 0.25) is 0 Å². The van der Waals surface area contributed by atoms with Gasteiger partial charge in [0.15, 0.2) is 5.78 Å². The van der Waals surface area contributed by atoms with Crippen LogP contribution in [0.15, 0.2) is 8.83 Å². The predicted molar refractivity (Wildman–Crippen MR) is 102 cm³/mol. The van der Waals surface area contributed by atoms with E-state index >= 15 is 0 Å². The highest BCUT2D eigenvalue weighted by molar-refractivity contribution is 6.13. The highest BCUT2D eigenvalue weighted by Gasteiger charge is 2.28. The van der Waals surface area contributed by atoms with Crippen molar-refractivity contribution >= 4 is 5.78 Å². The third-order valence-corrected chi connectivity index (χ3v) is 4.96. The van der Waals surface area contributed by atoms with Crippen molar-refractivity contribution < 1.29 is 23.8 Å². The van der Waals surface area contributed by atoms with Crippen molar-refractivity contribution in [2.45, 2.75) is 40.9 Å². The summed E-state index contributed by atoms with van der Waals surface area (Å²) >= 11 is 0. The van der Waals surface area contributed by atoms with Gasteiger partial charge in [-0.3, -0.25) is 4.79 Å². The molecule has 11 nitrogen and oxygen atoms in total. The Morgan fingerprint density at radius 1 is 0.767 bits per heavy atom. The van der Waals surface area contributed by atoms with E-state index in [9.17, 15) is 4.79 Å². The van der Waals surface area contributed by atoms with Crippen LogP contribution in [0.3, 0.4) is 0 Å². The van der Waals surface area contributed by atoms with E-state index < -0.39 is 0 Å². The largest absolute Gasteiger partial charge is 0.417 e. The molecule has 4 rings (SSSR count). The summed E-state index contributed by atoms with van der Waals surface area (Å²) in [7, 11) is 0. The average molecular weight is 412 g/mol. The van der Waals surface area contributed by atoms with Crippen molar-refractivity contribution in [3.05, 3.63) is 45.4 Å². The molecule has 0 aliphatic rings. The van der Waals surface area contributed by atoms with E-state index in [-0.39, 0.29) is 42.6 Å². The lowest BCUT2D eigenvalue weighted by molar-refractivity contribution is 0.103. The zero-order chi connectivity index (χ0) is 21.6. The molecule has 0 saturated carbocycles. The number of hydrogen-bond donors (Lipinski definition) is 4. The Morgan fingerprint density at radius 2 is 1.17 bits per heavy atom. The topological polar surface area (TPSA) is 167 Å². The summed E-state index contributed by atoms with van der Waals surface area (Å²) in [6, 6.07) is 0. The number of aryl methyl sites for hydroxylation is 2. The Balaban J connectivity index is 1.77. The van der Waals surface area contributed by atoms with Crippen molar-refractivity contribution in [3.63, 3.8) is 0 Å². The van der Waals surface area contributed by atoms with Crippen LogP contribution in [0.4, 0.5) is 0 Å². The summed E-state index contributed by atoms with van der Waals surface area (Å²) in [5, 5.41) is 33.6. The van der Waals surface area contributed by atoms with Crippen molar-refractivity contribution in [2.75, 3.05) is 0 Å². The fraction of sp³-hybridized carbons (Fsp3) is 0.316. The Morgan fingerprint density at radius 3 is 1.50 bits per heavy atom. The molecule has 0 aromatic carbocycles. The minimum absolute atomic E-state index is 0.0910. The van der Waals surface area contributed by atoms with Crippen molar-refractivity contribution in [1.82, 2.24) is 30.4 Å². The summed E-state index contributed by atoms with van der Waals surface area (Å²) in [6.07, 6.45) is 0. The highest BCUT2D eigenvalue weighted by atomic mass is 16.4. The van der Waals surface area contributed by atoms with Crippen LogP contribution in [-0.2, 0) is 13.2 Å². The maximum Gasteiger partial charge on any atom is 0.264 e. The van der Waals surface area contributed by atoms with E-state index in [1.54, 1.807) is 27.7 Å². The minimum atomic E-state index is -0.365. The molecule has 0 unspecified atom stereocenters. The van der Waals surface area contributed by atoms with Gasteiger partial charge in [0.2, 0.25) is 11.8 Å². The Hall–Kier alpha value is -3.57. The molecule has 0 radical (unpaired) electrons. The predicted octanol–water partition coefficient (Wildman–Crippen LogP) is 1.89. The summed E-state index contributed by atoms with van der Waals surface area (Å²) in [6.45, 7) is 6.43. The van der Waals surface area contributed by atoms with Gasteiger partial charge in [-0.1, -0.05) is 0 Å². The van der Waals surface area contributed by atoms with E-state index in [1.807, 2.05) is 0 Å². The molecule has 4 aromatic rings. The number of ketones is 1. The second-order valence-electron chi connectivity index (χ2n) is 6.90. The fourth-order valence-corrected chi connectivity index (χ4v) is 3.57. The lowest BCUT2D eigenvalue weighted by Gasteiger charge is -2.04. The molecule has 4 heterocycles. The molecule has 156 valence electrons. The normalized spacial score (nSPS) is 11.4. The van der Waals surface area contributed by atoms with Gasteiger partial charge in [-0.25, -0.2) is 0 Å². The summed E-state index contributed by atoms with van der Waals surface area (Å²) in [5.74, 6) is 0.393. The quantitative estimate of drug-likeness (QED) is 0.346. The zero-order valence-corrected chi connectivity index (χ0v) is 16.8. The van der Waals surface area contributed by atoms with Crippen molar-refractivity contribution in [1.29, 1.82) is 0 Å². The molecule has 0 fully saturated rings. The third-order valence-electron chi connectivity index (χ3n) is 4.96. The molecule has 11 heteroatoms. The number of aliphatic hydroxyl groups excluding tert-OH is 2. The highest BCUT2D eigenvalue weighted by Crippen LogP contribution is 2.33. The monoisotopic (exact) mass is 412 g/mol. The van der Waals surface area contributed by atoms with Crippen LogP contribution in [0, 0.1) is 27.7 Å². The maximum atomic E-state index is 13.5. The molecule has 4 N–H and O–H groups in total. The second kappa shape index (κ2) is 7.35. The molecule has 0 atom stereocenters. The molecular formula is C19H20N6O5. The average Bonchev–Trinajstić information content (AvgIpc) is 3.48. The first-order valence-corrected chi connectivity index (χ1v) is 9.15. The standard InChI is InChI=1S/C19H20N6O5/c1-7-13(9(3)20-15(7)18-24-22-11(5-26)29-18)17(28)14-8(2)16(21-10(14)4)19-25-23-12(6-27)30-19/h20-21,26-27H,5-6H2,1-4H3. The molecule has 0 saturated heterocycles. The number of hydrogen-bond acceptors (Lipinski definition) is 9. The Labute approximate surface area is 170 Å². The number of aromatic amines is 2. The number of rotatable bonds is 6. The molecule has 0 amide bonds. The van der Waals surface area contributed by atoms with Gasteiger partial charge in [-0.15, -0.1) is 20.4 Å². The van der Waals surface area contributed by atoms with Crippen LogP contribution in [0.5, 0.6) is 0 Å². The van der Waals surface area contributed by atoms with Gasteiger partial charge in [0.25, 0.3) is 11.8 Å². The van der Waals surface area contributed by atoms with E-state index in [1.165, 1.54) is 0 Å². The fourth-order valence-electron chi connectivity index (χ4n) is 3.57.